The van der Waals surface area contributed by atoms with Crippen LogP contribution in [-0.2, 0) is 10.0 Å². The number of hydrogen-bond donors (Lipinski definition) is 1. The highest BCUT2D eigenvalue weighted by atomic mass is 32.2. The molecule has 3 aromatic rings. The van der Waals surface area contributed by atoms with E-state index in [9.17, 15) is 17.9 Å². The van der Waals surface area contributed by atoms with Gasteiger partial charge in [-0.05, 0) is 54.3 Å². The van der Waals surface area contributed by atoms with Gasteiger partial charge in [0.15, 0.2) is 0 Å². The van der Waals surface area contributed by atoms with Crippen LogP contribution in [0.1, 0.15) is 24.3 Å². The lowest BCUT2D eigenvalue weighted by Crippen LogP contribution is -2.67. The molecule has 2 saturated heterocycles. The molecule has 0 amide bonds. The lowest BCUT2D eigenvalue weighted by Gasteiger charge is -2.57. The van der Waals surface area contributed by atoms with Gasteiger partial charge in [-0.25, -0.2) is 12.8 Å². The first-order valence-corrected chi connectivity index (χ1v) is 13.1. The number of fused-ring (bicyclic) bond motifs is 1. The largest absolute Gasteiger partial charge is 0.395 e. The Morgan fingerprint density at radius 2 is 1.74 bits per heavy atom. The number of aromatic nitrogens is 1. The lowest BCUT2D eigenvalue weighted by atomic mass is 9.74. The zero-order valence-electron chi connectivity index (χ0n) is 18.8. The van der Waals surface area contributed by atoms with Gasteiger partial charge < -0.3 is 5.11 Å². The van der Waals surface area contributed by atoms with E-state index in [-0.39, 0.29) is 36.0 Å². The number of aliphatic hydroxyl groups is 1. The highest BCUT2D eigenvalue weighted by molar-refractivity contribution is 7.89. The maximum atomic E-state index is 14.4. The maximum absolute atomic E-state index is 14.4. The summed E-state index contributed by atoms with van der Waals surface area (Å²) in [4.78, 5) is 6.11. The first kappa shape index (κ1) is 23.1. The predicted octanol–water partition coefficient (Wildman–Crippen LogP) is 3.50. The Kier molecular flexibility index (Phi) is 6.48. The molecule has 0 unspecified atom stereocenters. The zero-order valence-corrected chi connectivity index (χ0v) is 19.6. The molecule has 1 N–H and O–H groups in total. The Labute approximate surface area is 199 Å². The number of nitrogens with zero attached hydrogens (tertiary/aromatic N) is 3. The summed E-state index contributed by atoms with van der Waals surface area (Å²) in [5.41, 5.74) is 3.14. The third kappa shape index (κ3) is 4.15. The van der Waals surface area contributed by atoms with Crippen molar-refractivity contribution in [3.63, 3.8) is 0 Å². The molecule has 34 heavy (non-hydrogen) atoms. The van der Waals surface area contributed by atoms with E-state index in [1.165, 1.54) is 22.5 Å². The van der Waals surface area contributed by atoms with E-state index in [1.54, 1.807) is 12.3 Å². The first-order valence-electron chi connectivity index (χ1n) is 11.6. The SMILES string of the molecule is O=S(=O)(c1ccccc1F)N1CCCCN2[C@H](CO)[C@H](c3ccc(-c4cccnc4)cc3)[C@@H]2C1. The zero-order chi connectivity index (χ0) is 23.7. The monoisotopic (exact) mass is 481 g/mol. The Balaban J connectivity index is 1.44. The van der Waals surface area contributed by atoms with Crippen molar-refractivity contribution in [1.29, 1.82) is 0 Å². The Morgan fingerprint density at radius 3 is 2.44 bits per heavy atom. The van der Waals surface area contributed by atoms with Crippen LogP contribution >= 0.6 is 0 Å². The second kappa shape index (κ2) is 9.54. The van der Waals surface area contributed by atoms with E-state index in [0.29, 0.717) is 13.0 Å². The molecule has 2 aliphatic heterocycles. The molecular formula is C26H28FN3O3S. The fourth-order valence-electron chi connectivity index (χ4n) is 5.35. The van der Waals surface area contributed by atoms with E-state index in [2.05, 4.69) is 22.0 Å². The topological polar surface area (TPSA) is 73.7 Å². The smallest absolute Gasteiger partial charge is 0.246 e. The van der Waals surface area contributed by atoms with Gasteiger partial charge in [-0.2, -0.15) is 4.31 Å². The van der Waals surface area contributed by atoms with Crippen molar-refractivity contribution in [2.45, 2.75) is 35.7 Å². The number of rotatable bonds is 5. The van der Waals surface area contributed by atoms with Gasteiger partial charge in [0.1, 0.15) is 10.7 Å². The van der Waals surface area contributed by atoms with E-state index in [4.69, 9.17) is 0 Å². The molecular weight excluding hydrogens is 453 g/mol. The van der Waals surface area contributed by atoms with Crippen LogP contribution in [-0.4, -0.2) is 66.0 Å². The molecule has 5 rings (SSSR count). The molecule has 3 atom stereocenters. The molecule has 2 fully saturated rings. The van der Waals surface area contributed by atoms with Crippen molar-refractivity contribution in [3.05, 3.63) is 84.4 Å². The Bertz CT molecular complexity index is 1240. The van der Waals surface area contributed by atoms with E-state index < -0.39 is 15.8 Å². The molecule has 0 aliphatic carbocycles. The minimum atomic E-state index is -3.97. The van der Waals surface area contributed by atoms with Gasteiger partial charge in [-0.1, -0.05) is 42.5 Å². The second-order valence-electron chi connectivity index (χ2n) is 8.95. The molecule has 2 aliphatic rings. The van der Waals surface area contributed by atoms with Crippen molar-refractivity contribution < 1.29 is 17.9 Å². The fourth-order valence-corrected chi connectivity index (χ4v) is 6.91. The van der Waals surface area contributed by atoms with E-state index >= 15 is 0 Å². The summed E-state index contributed by atoms with van der Waals surface area (Å²) in [6, 6.07) is 17.5. The average molecular weight is 482 g/mol. The number of sulfonamides is 1. The normalized spacial score (nSPS) is 24.0. The van der Waals surface area contributed by atoms with Crippen LogP contribution in [0.15, 0.2) is 78.0 Å². The van der Waals surface area contributed by atoms with Crippen molar-refractivity contribution in [1.82, 2.24) is 14.2 Å². The summed E-state index contributed by atoms with van der Waals surface area (Å²) in [7, 11) is -3.97. The third-order valence-electron chi connectivity index (χ3n) is 7.08. The standard InChI is InChI=1S/C26H28FN3O3S/c27-22-7-1-2-8-25(22)34(32,33)29-14-3-4-15-30-23(17-29)26(24(30)18-31)20-11-9-19(10-12-20)21-6-5-13-28-16-21/h1-2,5-13,16,23-24,26,31H,3-4,14-15,17-18H2/t23-,24+,26+/m0/s1. The van der Waals surface area contributed by atoms with Gasteiger partial charge in [-0.15, -0.1) is 0 Å². The molecule has 0 saturated carbocycles. The highest BCUT2D eigenvalue weighted by Crippen LogP contribution is 2.43. The number of benzene rings is 2. The lowest BCUT2D eigenvalue weighted by molar-refractivity contribution is -0.0554. The van der Waals surface area contributed by atoms with Gasteiger partial charge >= 0.3 is 0 Å². The van der Waals surface area contributed by atoms with E-state index in [0.717, 1.165) is 29.7 Å². The van der Waals surface area contributed by atoms with Gasteiger partial charge in [-0.3, -0.25) is 9.88 Å². The van der Waals surface area contributed by atoms with Crippen LogP contribution in [0.2, 0.25) is 0 Å². The number of hydrogen-bond acceptors (Lipinski definition) is 5. The highest BCUT2D eigenvalue weighted by Gasteiger charge is 2.50. The van der Waals surface area contributed by atoms with Gasteiger partial charge in [0.05, 0.1) is 6.61 Å². The fraction of sp³-hybridized carbons (Fsp3) is 0.346. The molecule has 6 nitrogen and oxygen atoms in total. The molecule has 0 radical (unpaired) electrons. The molecule has 8 heteroatoms. The molecule has 0 bridgehead atoms. The molecule has 178 valence electrons. The number of aliphatic hydroxyl groups excluding tert-OH is 1. The van der Waals surface area contributed by atoms with Crippen LogP contribution < -0.4 is 0 Å². The van der Waals surface area contributed by atoms with Crippen LogP contribution in [0, 0.1) is 5.82 Å². The van der Waals surface area contributed by atoms with Crippen molar-refractivity contribution in [2.75, 3.05) is 26.2 Å². The Hall–Kier alpha value is -2.65. The first-order chi connectivity index (χ1) is 16.5. The summed E-state index contributed by atoms with van der Waals surface area (Å²) in [6.45, 7) is 1.44. The predicted molar refractivity (Wildman–Crippen MR) is 128 cm³/mol. The summed E-state index contributed by atoms with van der Waals surface area (Å²) in [5, 5.41) is 10.2. The van der Waals surface area contributed by atoms with Crippen molar-refractivity contribution in [3.8, 4) is 11.1 Å². The van der Waals surface area contributed by atoms with Crippen molar-refractivity contribution >= 4 is 10.0 Å². The van der Waals surface area contributed by atoms with Crippen LogP contribution in [0.3, 0.4) is 0 Å². The Morgan fingerprint density at radius 1 is 0.971 bits per heavy atom. The van der Waals surface area contributed by atoms with E-state index in [1.807, 2.05) is 30.5 Å². The minimum Gasteiger partial charge on any atom is -0.395 e. The molecule has 2 aromatic carbocycles. The minimum absolute atomic E-state index is 0.00554. The van der Waals surface area contributed by atoms with Gasteiger partial charge in [0.25, 0.3) is 0 Å². The quantitative estimate of drug-likeness (QED) is 0.604. The van der Waals surface area contributed by atoms with Gasteiger partial charge in [0.2, 0.25) is 10.0 Å². The van der Waals surface area contributed by atoms with Gasteiger partial charge in [0, 0.05) is 43.5 Å². The number of pyridine rings is 1. The molecule has 0 spiro atoms. The van der Waals surface area contributed by atoms with Crippen LogP contribution in [0.4, 0.5) is 4.39 Å². The van der Waals surface area contributed by atoms with Crippen LogP contribution in [0.5, 0.6) is 0 Å². The molecule has 3 heterocycles. The second-order valence-corrected chi connectivity index (χ2v) is 10.9. The van der Waals surface area contributed by atoms with Crippen LogP contribution in [0.25, 0.3) is 11.1 Å². The summed E-state index contributed by atoms with van der Waals surface area (Å²) >= 11 is 0. The summed E-state index contributed by atoms with van der Waals surface area (Å²) in [6.07, 6.45) is 5.07. The number of halogens is 1. The summed E-state index contributed by atoms with van der Waals surface area (Å²) < 4.78 is 42.5. The third-order valence-corrected chi connectivity index (χ3v) is 8.98. The average Bonchev–Trinajstić information content (AvgIpc) is 2.84. The summed E-state index contributed by atoms with van der Waals surface area (Å²) in [5.74, 6) is -0.741. The maximum Gasteiger partial charge on any atom is 0.246 e. The van der Waals surface area contributed by atoms with Crippen molar-refractivity contribution in [2.24, 2.45) is 0 Å². The molecule has 1 aromatic heterocycles.